The number of hydrogen-bond acceptors (Lipinski definition) is 2. The second-order valence-corrected chi connectivity index (χ2v) is 4.47. The van der Waals surface area contributed by atoms with E-state index in [2.05, 4.69) is 34.6 Å². The molecule has 1 atom stereocenters. The van der Waals surface area contributed by atoms with Crippen LogP contribution in [0.25, 0.3) is 0 Å². The topological polar surface area (TPSA) is 18.5 Å². The summed E-state index contributed by atoms with van der Waals surface area (Å²) in [5, 5.41) is 0. The number of hydrogen-bond donors (Lipinski definition) is 0. The summed E-state index contributed by atoms with van der Waals surface area (Å²) in [6, 6.07) is 0. The summed E-state index contributed by atoms with van der Waals surface area (Å²) in [6.07, 6.45) is 0.223. The molecule has 0 aliphatic carbocycles. The van der Waals surface area contributed by atoms with Crippen LogP contribution < -0.4 is 0 Å². The van der Waals surface area contributed by atoms with Gasteiger partial charge in [0.2, 0.25) is 0 Å². The second kappa shape index (κ2) is 7.34. The average molecular weight is 188 g/mol. The molecule has 0 saturated heterocycles. The molecule has 0 radical (unpaired) electrons. The summed E-state index contributed by atoms with van der Waals surface area (Å²) in [4.78, 5) is 0. The minimum absolute atomic E-state index is 0.223. The smallest absolute Gasteiger partial charge is 0.0780 e. The molecule has 80 valence electrons. The molecule has 2 nitrogen and oxygen atoms in total. The molecule has 2 heteroatoms. The van der Waals surface area contributed by atoms with Crippen molar-refractivity contribution < 1.29 is 9.47 Å². The highest BCUT2D eigenvalue weighted by molar-refractivity contribution is 4.50. The zero-order chi connectivity index (χ0) is 10.3. The van der Waals surface area contributed by atoms with E-state index in [0.29, 0.717) is 18.4 Å². The van der Waals surface area contributed by atoms with E-state index >= 15 is 0 Å². The quantitative estimate of drug-likeness (QED) is 0.611. The maximum absolute atomic E-state index is 5.56. The van der Waals surface area contributed by atoms with Gasteiger partial charge in [-0.25, -0.2) is 0 Å². The molecule has 13 heavy (non-hydrogen) atoms. The van der Waals surface area contributed by atoms with Gasteiger partial charge >= 0.3 is 0 Å². The third-order valence-corrected chi connectivity index (χ3v) is 1.52. The summed E-state index contributed by atoms with van der Waals surface area (Å²) in [5.41, 5.74) is 0. The Morgan fingerprint density at radius 3 is 1.77 bits per heavy atom. The molecule has 0 aromatic carbocycles. The van der Waals surface area contributed by atoms with Crippen LogP contribution in [-0.2, 0) is 9.47 Å². The monoisotopic (exact) mass is 188 g/mol. The van der Waals surface area contributed by atoms with Gasteiger partial charge in [-0.15, -0.1) is 0 Å². The Morgan fingerprint density at radius 1 is 0.769 bits per heavy atom. The molecule has 0 rings (SSSR count). The van der Waals surface area contributed by atoms with E-state index in [4.69, 9.17) is 9.47 Å². The van der Waals surface area contributed by atoms with Gasteiger partial charge in [-0.2, -0.15) is 0 Å². The zero-order valence-electron chi connectivity index (χ0n) is 9.67. The fraction of sp³-hybridized carbons (Fsp3) is 1.00. The van der Waals surface area contributed by atoms with Crippen LogP contribution >= 0.6 is 0 Å². The Bertz CT molecular complexity index is 111. The van der Waals surface area contributed by atoms with Gasteiger partial charge in [0, 0.05) is 13.2 Å². The minimum Gasteiger partial charge on any atom is -0.379 e. The number of rotatable bonds is 7. The SMILES string of the molecule is CC(C)COCC(C)OCC(C)C. The van der Waals surface area contributed by atoms with E-state index in [1.165, 1.54) is 0 Å². The normalized spacial score (nSPS) is 14.1. The van der Waals surface area contributed by atoms with Crippen LogP contribution in [0.4, 0.5) is 0 Å². The lowest BCUT2D eigenvalue weighted by molar-refractivity contribution is -0.0215. The molecular weight excluding hydrogens is 164 g/mol. The van der Waals surface area contributed by atoms with Gasteiger partial charge in [0.1, 0.15) is 0 Å². The predicted octanol–water partition coefficient (Wildman–Crippen LogP) is 2.72. The molecule has 0 amide bonds. The van der Waals surface area contributed by atoms with Gasteiger partial charge in [-0.05, 0) is 18.8 Å². The lowest BCUT2D eigenvalue weighted by atomic mass is 10.2. The third-order valence-electron chi connectivity index (χ3n) is 1.52. The molecule has 0 saturated carbocycles. The minimum atomic E-state index is 0.223. The average Bonchev–Trinajstić information content (AvgIpc) is 2.00. The Morgan fingerprint density at radius 2 is 1.31 bits per heavy atom. The molecule has 0 spiro atoms. The van der Waals surface area contributed by atoms with E-state index in [1.54, 1.807) is 0 Å². The van der Waals surface area contributed by atoms with Gasteiger partial charge in [-0.3, -0.25) is 0 Å². The molecule has 0 heterocycles. The molecule has 0 aliphatic rings. The Balaban J connectivity index is 3.25. The summed E-state index contributed by atoms with van der Waals surface area (Å²) in [7, 11) is 0. The van der Waals surface area contributed by atoms with Crippen molar-refractivity contribution in [2.24, 2.45) is 11.8 Å². The maximum atomic E-state index is 5.56. The lowest BCUT2D eigenvalue weighted by Crippen LogP contribution is -2.19. The van der Waals surface area contributed by atoms with Gasteiger partial charge in [-0.1, -0.05) is 27.7 Å². The fourth-order valence-electron chi connectivity index (χ4n) is 0.875. The van der Waals surface area contributed by atoms with Crippen LogP contribution in [0.15, 0.2) is 0 Å². The lowest BCUT2D eigenvalue weighted by Gasteiger charge is -2.15. The van der Waals surface area contributed by atoms with E-state index in [9.17, 15) is 0 Å². The first-order valence-corrected chi connectivity index (χ1v) is 5.21. The molecule has 0 aromatic heterocycles. The van der Waals surface area contributed by atoms with Gasteiger partial charge in [0.25, 0.3) is 0 Å². The van der Waals surface area contributed by atoms with Crippen LogP contribution in [0, 0.1) is 11.8 Å². The van der Waals surface area contributed by atoms with E-state index in [-0.39, 0.29) is 6.10 Å². The van der Waals surface area contributed by atoms with Crippen molar-refractivity contribution in [2.45, 2.75) is 40.7 Å². The van der Waals surface area contributed by atoms with Crippen molar-refractivity contribution in [1.29, 1.82) is 0 Å². The highest BCUT2D eigenvalue weighted by Gasteiger charge is 2.04. The molecule has 0 aliphatic heterocycles. The first-order chi connectivity index (χ1) is 6.02. The van der Waals surface area contributed by atoms with Crippen LogP contribution in [0.3, 0.4) is 0 Å². The van der Waals surface area contributed by atoms with Crippen LogP contribution in [0.5, 0.6) is 0 Å². The zero-order valence-corrected chi connectivity index (χ0v) is 9.67. The Kier molecular flexibility index (Phi) is 7.29. The fourth-order valence-corrected chi connectivity index (χ4v) is 0.875. The van der Waals surface area contributed by atoms with Gasteiger partial charge in [0.15, 0.2) is 0 Å². The van der Waals surface area contributed by atoms with Gasteiger partial charge < -0.3 is 9.47 Å². The first-order valence-electron chi connectivity index (χ1n) is 5.21. The molecule has 0 bridgehead atoms. The van der Waals surface area contributed by atoms with Gasteiger partial charge in [0.05, 0.1) is 12.7 Å². The molecule has 1 unspecified atom stereocenters. The summed E-state index contributed by atoms with van der Waals surface area (Å²) in [6.45, 7) is 13.0. The van der Waals surface area contributed by atoms with Crippen molar-refractivity contribution >= 4 is 0 Å². The molecule has 0 N–H and O–H groups in total. The maximum Gasteiger partial charge on any atom is 0.0780 e. The Hall–Kier alpha value is -0.0800. The Labute approximate surface area is 82.6 Å². The molecule has 0 fully saturated rings. The van der Waals surface area contributed by atoms with Crippen molar-refractivity contribution in [1.82, 2.24) is 0 Å². The third kappa shape index (κ3) is 9.84. The second-order valence-electron chi connectivity index (χ2n) is 4.47. The molecular formula is C11H24O2. The summed E-state index contributed by atoms with van der Waals surface area (Å²) in [5.74, 6) is 1.21. The van der Waals surface area contributed by atoms with Crippen LogP contribution in [0.1, 0.15) is 34.6 Å². The van der Waals surface area contributed by atoms with E-state index in [0.717, 1.165) is 13.2 Å². The first kappa shape index (κ1) is 12.9. The van der Waals surface area contributed by atoms with Crippen LogP contribution in [0.2, 0.25) is 0 Å². The highest BCUT2D eigenvalue weighted by atomic mass is 16.5. The summed E-state index contributed by atoms with van der Waals surface area (Å²) < 4.78 is 11.0. The van der Waals surface area contributed by atoms with Crippen LogP contribution in [-0.4, -0.2) is 25.9 Å². The highest BCUT2D eigenvalue weighted by Crippen LogP contribution is 2.00. The standard InChI is InChI=1S/C11H24O2/c1-9(2)6-12-8-11(5)13-7-10(3)4/h9-11H,6-8H2,1-5H3. The largest absolute Gasteiger partial charge is 0.379 e. The summed E-state index contributed by atoms with van der Waals surface area (Å²) >= 11 is 0. The van der Waals surface area contributed by atoms with Crippen molar-refractivity contribution in [3.63, 3.8) is 0 Å². The van der Waals surface area contributed by atoms with E-state index in [1.807, 2.05) is 0 Å². The van der Waals surface area contributed by atoms with Crippen molar-refractivity contribution in [3.05, 3.63) is 0 Å². The van der Waals surface area contributed by atoms with Crippen molar-refractivity contribution in [2.75, 3.05) is 19.8 Å². The van der Waals surface area contributed by atoms with E-state index < -0.39 is 0 Å². The number of ether oxygens (including phenoxy) is 2. The van der Waals surface area contributed by atoms with Crippen molar-refractivity contribution in [3.8, 4) is 0 Å². The predicted molar refractivity (Wildman–Crippen MR) is 55.9 cm³/mol. The molecule has 0 aromatic rings.